The zero-order valence-corrected chi connectivity index (χ0v) is 15.5. The van der Waals surface area contributed by atoms with E-state index in [1.807, 2.05) is 31.9 Å². The van der Waals surface area contributed by atoms with Gasteiger partial charge >= 0.3 is 0 Å². The van der Waals surface area contributed by atoms with Gasteiger partial charge in [-0.3, -0.25) is 0 Å². The fourth-order valence-corrected chi connectivity index (χ4v) is 2.98. The zero-order valence-electron chi connectivity index (χ0n) is 12.4. The number of halogens is 2. The van der Waals surface area contributed by atoms with Gasteiger partial charge in [-0.05, 0) is 17.7 Å². The Morgan fingerprint density at radius 3 is 2.62 bits per heavy atom. The monoisotopic (exact) mass is 424 g/mol. The molecule has 1 aliphatic rings. The van der Waals surface area contributed by atoms with E-state index in [1.54, 1.807) is 11.0 Å². The smallest absolute Gasteiger partial charge is 0.191 e. The Labute approximate surface area is 147 Å². The van der Waals surface area contributed by atoms with Crippen LogP contribution in [0.25, 0.3) is 0 Å². The fraction of sp³-hybridized carbons (Fsp3) is 0.500. The van der Waals surface area contributed by atoms with Crippen molar-refractivity contribution in [2.24, 2.45) is 10.7 Å². The molecule has 0 aliphatic carbocycles. The van der Waals surface area contributed by atoms with E-state index in [0.717, 1.165) is 30.2 Å². The Hall–Kier alpha value is -0.700. The van der Waals surface area contributed by atoms with Crippen molar-refractivity contribution in [3.05, 3.63) is 29.6 Å². The maximum absolute atomic E-state index is 13.8. The summed E-state index contributed by atoms with van der Waals surface area (Å²) in [5, 5.41) is 0. The SMILES string of the molecule is CN(C)c1ccc(CN=C(N)N2CCSCC2)cc1F.I. The molecule has 1 fully saturated rings. The number of thioether (sulfide) groups is 1. The molecule has 0 atom stereocenters. The highest BCUT2D eigenvalue weighted by Gasteiger charge is 2.12. The van der Waals surface area contributed by atoms with Crippen molar-refractivity contribution in [1.29, 1.82) is 0 Å². The summed E-state index contributed by atoms with van der Waals surface area (Å²) in [6.07, 6.45) is 0. The molecule has 1 aromatic rings. The van der Waals surface area contributed by atoms with E-state index in [1.165, 1.54) is 6.07 Å². The normalized spacial score (nSPS) is 15.6. The highest BCUT2D eigenvalue weighted by atomic mass is 127. The molecule has 1 saturated heterocycles. The topological polar surface area (TPSA) is 44.9 Å². The summed E-state index contributed by atoms with van der Waals surface area (Å²) in [6.45, 7) is 2.29. The molecule has 0 saturated carbocycles. The van der Waals surface area contributed by atoms with Crippen LogP contribution in [0.1, 0.15) is 5.56 Å². The van der Waals surface area contributed by atoms with Crippen LogP contribution in [0, 0.1) is 5.82 Å². The van der Waals surface area contributed by atoms with Crippen LogP contribution in [0.15, 0.2) is 23.2 Å². The Morgan fingerprint density at radius 1 is 1.38 bits per heavy atom. The number of rotatable bonds is 3. The summed E-state index contributed by atoms with van der Waals surface area (Å²) < 4.78 is 13.8. The number of benzene rings is 1. The predicted octanol–water partition coefficient (Wildman–Crippen LogP) is 2.37. The molecule has 0 bridgehead atoms. The molecule has 4 nitrogen and oxygen atoms in total. The maximum atomic E-state index is 13.8. The second-order valence-corrected chi connectivity index (χ2v) is 6.18. The first-order chi connectivity index (χ1) is 9.58. The minimum absolute atomic E-state index is 0. The molecular formula is C14H22FIN4S. The fourth-order valence-electron chi connectivity index (χ4n) is 2.08. The van der Waals surface area contributed by atoms with Crippen LogP contribution in [-0.4, -0.2) is 49.6 Å². The van der Waals surface area contributed by atoms with Crippen molar-refractivity contribution in [1.82, 2.24) is 4.90 Å². The minimum atomic E-state index is -0.226. The summed E-state index contributed by atoms with van der Waals surface area (Å²) in [5.41, 5.74) is 7.39. The third-order valence-corrected chi connectivity index (χ3v) is 4.20. The number of guanidine groups is 1. The number of nitrogens with zero attached hydrogens (tertiary/aromatic N) is 3. The predicted molar refractivity (Wildman–Crippen MR) is 100 cm³/mol. The largest absolute Gasteiger partial charge is 0.375 e. The molecule has 1 heterocycles. The van der Waals surface area contributed by atoms with Gasteiger partial charge in [-0.1, -0.05) is 6.07 Å². The molecule has 0 unspecified atom stereocenters. The van der Waals surface area contributed by atoms with Gasteiger partial charge in [-0.2, -0.15) is 11.8 Å². The molecule has 0 spiro atoms. The van der Waals surface area contributed by atoms with Crippen molar-refractivity contribution in [3.63, 3.8) is 0 Å². The van der Waals surface area contributed by atoms with E-state index in [2.05, 4.69) is 9.89 Å². The van der Waals surface area contributed by atoms with Crippen molar-refractivity contribution < 1.29 is 4.39 Å². The van der Waals surface area contributed by atoms with E-state index in [4.69, 9.17) is 5.73 Å². The van der Waals surface area contributed by atoms with Crippen LogP contribution in [0.3, 0.4) is 0 Å². The van der Waals surface area contributed by atoms with Crippen LogP contribution >= 0.6 is 35.7 Å². The van der Waals surface area contributed by atoms with Gasteiger partial charge < -0.3 is 15.5 Å². The first kappa shape index (κ1) is 18.3. The summed E-state index contributed by atoms with van der Waals surface area (Å²) in [4.78, 5) is 8.20. The third-order valence-electron chi connectivity index (χ3n) is 3.25. The lowest BCUT2D eigenvalue weighted by atomic mass is 10.2. The number of anilines is 1. The number of nitrogens with two attached hydrogens (primary N) is 1. The molecule has 21 heavy (non-hydrogen) atoms. The summed E-state index contributed by atoms with van der Waals surface area (Å²) in [5.74, 6) is 2.50. The quantitative estimate of drug-likeness (QED) is 0.460. The van der Waals surface area contributed by atoms with Crippen molar-refractivity contribution in [3.8, 4) is 0 Å². The van der Waals surface area contributed by atoms with Crippen LogP contribution in [0.5, 0.6) is 0 Å². The van der Waals surface area contributed by atoms with Crippen molar-refractivity contribution in [2.75, 3.05) is 43.6 Å². The number of aliphatic imine (C=N–C) groups is 1. The Bertz CT molecular complexity index is 490. The molecular weight excluding hydrogens is 402 g/mol. The second-order valence-electron chi connectivity index (χ2n) is 4.95. The van der Waals surface area contributed by atoms with E-state index >= 15 is 0 Å². The Morgan fingerprint density at radius 2 is 2.05 bits per heavy atom. The highest BCUT2D eigenvalue weighted by molar-refractivity contribution is 14.0. The molecule has 0 amide bonds. The summed E-state index contributed by atoms with van der Waals surface area (Å²) in [6, 6.07) is 5.19. The van der Waals surface area contributed by atoms with E-state index < -0.39 is 0 Å². The van der Waals surface area contributed by atoms with Gasteiger partial charge in [0, 0.05) is 38.7 Å². The third kappa shape index (κ3) is 5.21. The van der Waals surface area contributed by atoms with E-state index in [0.29, 0.717) is 18.2 Å². The van der Waals surface area contributed by atoms with Gasteiger partial charge in [0.25, 0.3) is 0 Å². The number of hydrogen-bond acceptors (Lipinski definition) is 3. The van der Waals surface area contributed by atoms with Crippen molar-refractivity contribution in [2.45, 2.75) is 6.54 Å². The Kier molecular flexibility index (Phi) is 7.58. The van der Waals surface area contributed by atoms with Gasteiger partial charge in [0.1, 0.15) is 5.82 Å². The second kappa shape index (κ2) is 8.67. The highest BCUT2D eigenvalue weighted by Crippen LogP contribution is 2.18. The van der Waals surface area contributed by atoms with Gasteiger partial charge in [0.15, 0.2) is 5.96 Å². The first-order valence-corrected chi connectivity index (χ1v) is 7.82. The van der Waals surface area contributed by atoms with Gasteiger partial charge in [-0.15, -0.1) is 24.0 Å². The van der Waals surface area contributed by atoms with Crippen LogP contribution in [0.4, 0.5) is 10.1 Å². The van der Waals surface area contributed by atoms with E-state index in [-0.39, 0.29) is 29.8 Å². The van der Waals surface area contributed by atoms with Crippen molar-refractivity contribution >= 4 is 47.4 Å². The van der Waals surface area contributed by atoms with Gasteiger partial charge in [0.2, 0.25) is 0 Å². The van der Waals surface area contributed by atoms with Gasteiger partial charge in [-0.25, -0.2) is 9.38 Å². The molecule has 1 aromatic carbocycles. The lowest BCUT2D eigenvalue weighted by Crippen LogP contribution is -2.42. The first-order valence-electron chi connectivity index (χ1n) is 6.66. The summed E-state index contributed by atoms with van der Waals surface area (Å²) >= 11 is 1.93. The molecule has 0 radical (unpaired) electrons. The van der Waals surface area contributed by atoms with Crippen LogP contribution in [-0.2, 0) is 6.54 Å². The lowest BCUT2D eigenvalue weighted by molar-refractivity contribution is 0.455. The minimum Gasteiger partial charge on any atom is -0.375 e. The standard InChI is InChI=1S/C14H21FN4S.HI/c1-18(2)13-4-3-11(9-12(13)15)10-17-14(16)19-5-7-20-8-6-19;/h3-4,9H,5-8,10H2,1-2H3,(H2,16,17);1H. The molecule has 7 heteroatoms. The molecule has 118 valence electrons. The lowest BCUT2D eigenvalue weighted by Gasteiger charge is -2.27. The van der Waals surface area contributed by atoms with Gasteiger partial charge in [0.05, 0.1) is 12.2 Å². The zero-order chi connectivity index (χ0) is 14.5. The van der Waals surface area contributed by atoms with Crippen LogP contribution < -0.4 is 10.6 Å². The summed E-state index contributed by atoms with van der Waals surface area (Å²) in [7, 11) is 3.64. The molecule has 0 aromatic heterocycles. The van der Waals surface area contributed by atoms with E-state index in [9.17, 15) is 4.39 Å². The Balaban J connectivity index is 0.00000220. The maximum Gasteiger partial charge on any atom is 0.191 e. The average Bonchev–Trinajstić information content (AvgIpc) is 2.45. The molecule has 2 N–H and O–H groups in total. The van der Waals surface area contributed by atoms with Crippen LogP contribution in [0.2, 0.25) is 0 Å². The molecule has 2 rings (SSSR count). The molecule has 1 aliphatic heterocycles. The average molecular weight is 424 g/mol. The number of hydrogen-bond donors (Lipinski definition) is 1.